The molecule has 0 saturated carbocycles. The van der Waals surface area contributed by atoms with Gasteiger partial charge in [-0.3, -0.25) is 0 Å². The molecule has 0 atom stereocenters. The molecule has 3 rings (SSSR count). The molecule has 0 aliphatic rings. The number of rotatable bonds is 5. The summed E-state index contributed by atoms with van der Waals surface area (Å²) in [5, 5.41) is 0. The van der Waals surface area contributed by atoms with Crippen LogP contribution in [0, 0.1) is 0 Å². The minimum atomic E-state index is -0.856. The van der Waals surface area contributed by atoms with Crippen molar-refractivity contribution in [3.8, 4) is 0 Å². The van der Waals surface area contributed by atoms with Crippen LogP contribution in [0.15, 0.2) is 95.9 Å². The van der Waals surface area contributed by atoms with Gasteiger partial charge in [0.15, 0.2) is 0 Å². The molecule has 0 fully saturated rings. The monoisotopic (exact) mass is 320 g/mol. The highest BCUT2D eigenvalue weighted by atomic mass is 32.3. The first-order chi connectivity index (χ1) is 11.2. The van der Waals surface area contributed by atoms with Crippen molar-refractivity contribution in [3.05, 3.63) is 102 Å². The minimum Gasteiger partial charge on any atom is -0.219 e. The summed E-state index contributed by atoms with van der Waals surface area (Å²) >= 11 is 0. The van der Waals surface area contributed by atoms with Gasteiger partial charge in [-0.1, -0.05) is 91.0 Å². The lowest BCUT2D eigenvalue weighted by Gasteiger charge is -2.36. The van der Waals surface area contributed by atoms with Crippen molar-refractivity contribution in [2.45, 2.75) is 10.8 Å². The molecule has 0 N–H and O–H groups in total. The van der Waals surface area contributed by atoms with E-state index in [1.165, 1.54) is 21.8 Å². The fourth-order valence-electron chi connectivity index (χ4n) is 3.06. The van der Waals surface area contributed by atoms with Crippen molar-refractivity contribution in [1.82, 2.24) is 0 Å². The first-order valence-electron chi connectivity index (χ1n) is 8.03. The van der Waals surface area contributed by atoms with Gasteiger partial charge in [0.1, 0.15) is 0 Å². The Morgan fingerprint density at radius 1 is 0.609 bits per heavy atom. The Morgan fingerprint density at radius 2 is 1.00 bits per heavy atom. The van der Waals surface area contributed by atoms with Crippen molar-refractivity contribution in [1.29, 1.82) is 0 Å². The molecule has 0 nitrogen and oxygen atoms in total. The van der Waals surface area contributed by atoms with E-state index in [4.69, 9.17) is 0 Å². The van der Waals surface area contributed by atoms with Gasteiger partial charge in [-0.05, 0) is 34.3 Å². The Morgan fingerprint density at radius 3 is 1.43 bits per heavy atom. The predicted molar refractivity (Wildman–Crippen MR) is 104 cm³/mol. The quantitative estimate of drug-likeness (QED) is 0.545. The summed E-state index contributed by atoms with van der Waals surface area (Å²) in [5.41, 5.74) is 2.82. The molecule has 0 spiro atoms. The van der Waals surface area contributed by atoms with E-state index >= 15 is 0 Å². The van der Waals surface area contributed by atoms with E-state index in [0.717, 1.165) is 0 Å². The molecule has 3 aromatic rings. The van der Waals surface area contributed by atoms with Gasteiger partial charge in [0.05, 0.1) is 0 Å². The Bertz CT molecular complexity index is 678. The van der Waals surface area contributed by atoms with Crippen LogP contribution in [0.25, 0.3) is 0 Å². The normalized spacial score (nSPS) is 12.3. The maximum absolute atomic E-state index is 2.43. The summed E-state index contributed by atoms with van der Waals surface area (Å²) in [7, 11) is -0.856. The Kier molecular flexibility index (Phi) is 4.88. The largest absolute Gasteiger partial charge is 0.219 e. The smallest absolute Gasteiger partial charge is 0.0168 e. The third-order valence-electron chi connectivity index (χ3n) is 4.37. The van der Waals surface area contributed by atoms with E-state index in [-0.39, 0.29) is 0 Å². The van der Waals surface area contributed by atoms with E-state index in [2.05, 4.69) is 104 Å². The predicted octanol–water partition coefficient (Wildman–Crippen LogP) is 5.94. The molecule has 0 aromatic heterocycles. The van der Waals surface area contributed by atoms with E-state index in [0.29, 0.717) is 5.92 Å². The fraction of sp³-hybridized carbons (Fsp3) is 0.182. The van der Waals surface area contributed by atoms with Gasteiger partial charge in [-0.2, -0.15) is 0 Å². The van der Waals surface area contributed by atoms with Gasteiger partial charge < -0.3 is 0 Å². The molecule has 0 aliphatic heterocycles. The van der Waals surface area contributed by atoms with E-state index in [9.17, 15) is 0 Å². The summed E-state index contributed by atoms with van der Waals surface area (Å²) < 4.78 is 0. The number of hydrogen-bond donors (Lipinski definition) is 0. The van der Waals surface area contributed by atoms with E-state index < -0.39 is 10.0 Å². The molecule has 3 aromatic carbocycles. The highest BCUT2D eigenvalue weighted by Crippen LogP contribution is 2.52. The number of hydrogen-bond acceptors (Lipinski definition) is 0. The summed E-state index contributed by atoms with van der Waals surface area (Å²) in [6, 6.07) is 32.8. The van der Waals surface area contributed by atoms with Crippen LogP contribution < -0.4 is 0 Å². The highest BCUT2D eigenvalue weighted by molar-refractivity contribution is 8.32. The van der Waals surface area contributed by atoms with Crippen molar-refractivity contribution in [3.63, 3.8) is 0 Å². The molecule has 1 heteroatoms. The van der Waals surface area contributed by atoms with Gasteiger partial charge in [-0.15, -0.1) is 0 Å². The van der Waals surface area contributed by atoms with Crippen LogP contribution in [0.2, 0.25) is 0 Å². The van der Waals surface area contributed by atoms with Crippen molar-refractivity contribution >= 4 is 10.0 Å². The molecule has 0 unspecified atom stereocenters. The van der Waals surface area contributed by atoms with Crippen LogP contribution in [0.3, 0.4) is 0 Å². The van der Waals surface area contributed by atoms with Crippen LogP contribution in [-0.4, -0.2) is 18.3 Å². The summed E-state index contributed by atoms with van der Waals surface area (Å²) in [6.07, 6.45) is 4.86. The van der Waals surface area contributed by atoms with Gasteiger partial charge >= 0.3 is 0 Å². The van der Waals surface area contributed by atoms with Gasteiger partial charge in [0, 0.05) is 5.92 Å². The second kappa shape index (κ2) is 7.06. The molecule has 118 valence electrons. The van der Waals surface area contributed by atoms with Crippen molar-refractivity contribution < 1.29 is 0 Å². The standard InChI is InChI=1S/C22H24S/c1-23(2,21-16-10-5-11-17-21)18-22(19-12-6-3-7-13-19)20-14-8-4-9-15-20/h3-17,22H,18H2,1-2H3. The summed E-state index contributed by atoms with van der Waals surface area (Å²) in [6.45, 7) is 0. The first-order valence-corrected chi connectivity index (χ1v) is 10.6. The molecular formula is C22H24S. The van der Waals surface area contributed by atoms with Crippen LogP contribution in [0.1, 0.15) is 17.0 Å². The van der Waals surface area contributed by atoms with Gasteiger partial charge in [0.2, 0.25) is 0 Å². The van der Waals surface area contributed by atoms with Gasteiger partial charge in [0.25, 0.3) is 0 Å². The van der Waals surface area contributed by atoms with E-state index in [1.807, 2.05) is 0 Å². The molecule has 0 bridgehead atoms. The molecular weight excluding hydrogens is 296 g/mol. The molecule has 0 heterocycles. The first kappa shape index (κ1) is 15.9. The molecule has 0 aliphatic carbocycles. The highest BCUT2D eigenvalue weighted by Gasteiger charge is 2.23. The van der Waals surface area contributed by atoms with Crippen molar-refractivity contribution in [2.24, 2.45) is 0 Å². The summed E-state index contributed by atoms with van der Waals surface area (Å²) in [4.78, 5) is 1.48. The van der Waals surface area contributed by atoms with Crippen molar-refractivity contribution in [2.75, 3.05) is 18.3 Å². The third kappa shape index (κ3) is 3.86. The van der Waals surface area contributed by atoms with Crippen LogP contribution in [0.4, 0.5) is 0 Å². The van der Waals surface area contributed by atoms with Crippen LogP contribution >= 0.6 is 10.0 Å². The lowest BCUT2D eigenvalue weighted by Crippen LogP contribution is -2.13. The van der Waals surface area contributed by atoms with Gasteiger partial charge in [-0.25, -0.2) is 10.0 Å². The third-order valence-corrected chi connectivity index (χ3v) is 7.08. The fourth-order valence-corrected chi connectivity index (χ4v) is 5.36. The molecule has 0 radical (unpaired) electrons. The SMILES string of the molecule is CS(C)(CC(c1ccccc1)c1ccccc1)c1ccccc1. The second-order valence-electron chi connectivity index (χ2n) is 6.39. The lowest BCUT2D eigenvalue weighted by atomic mass is 9.93. The molecule has 0 saturated heterocycles. The van der Waals surface area contributed by atoms with Crippen LogP contribution in [0.5, 0.6) is 0 Å². The Balaban J connectivity index is 1.97. The van der Waals surface area contributed by atoms with Crippen LogP contribution in [-0.2, 0) is 0 Å². The maximum atomic E-state index is 2.43. The minimum absolute atomic E-state index is 0.447. The Labute approximate surface area is 141 Å². The lowest BCUT2D eigenvalue weighted by molar-refractivity contribution is 0.929. The molecule has 23 heavy (non-hydrogen) atoms. The average Bonchev–Trinajstić information content (AvgIpc) is 2.62. The molecule has 0 amide bonds. The zero-order chi connectivity index (χ0) is 16.1. The Hall–Kier alpha value is -1.99. The zero-order valence-corrected chi connectivity index (χ0v) is 14.7. The zero-order valence-electron chi connectivity index (χ0n) is 13.9. The van der Waals surface area contributed by atoms with E-state index in [1.54, 1.807) is 0 Å². The topological polar surface area (TPSA) is 0 Å². The maximum Gasteiger partial charge on any atom is 0.0168 e. The number of benzene rings is 3. The second-order valence-corrected chi connectivity index (χ2v) is 10.3. The average molecular weight is 321 g/mol. The summed E-state index contributed by atoms with van der Waals surface area (Å²) in [5.74, 6) is 1.62.